The Morgan fingerprint density at radius 3 is 2.92 bits per heavy atom. The van der Waals surface area contributed by atoms with Crippen LogP contribution < -0.4 is 5.73 Å². The van der Waals surface area contributed by atoms with Gasteiger partial charge in [0, 0.05) is 0 Å². The Morgan fingerprint density at radius 2 is 2.23 bits per heavy atom. The Kier molecular flexibility index (Phi) is 1.36. The van der Waals surface area contributed by atoms with Gasteiger partial charge in [-0.25, -0.2) is 0 Å². The van der Waals surface area contributed by atoms with Crippen molar-refractivity contribution in [2.75, 3.05) is 5.73 Å². The highest BCUT2D eigenvalue weighted by atomic mass is 16.5. The van der Waals surface area contributed by atoms with Gasteiger partial charge < -0.3 is 16.0 Å². The summed E-state index contributed by atoms with van der Waals surface area (Å²) in [6, 6.07) is 1.54. The molecule has 0 bridgehead atoms. The van der Waals surface area contributed by atoms with Crippen LogP contribution in [0.4, 0.5) is 5.69 Å². The summed E-state index contributed by atoms with van der Waals surface area (Å²) in [5.74, 6) is 0.0713. The summed E-state index contributed by atoms with van der Waals surface area (Å²) in [5.41, 5.74) is 7.18. The molecule has 0 aliphatic carbocycles. The van der Waals surface area contributed by atoms with Crippen LogP contribution in [0.5, 0.6) is 5.75 Å². The van der Waals surface area contributed by atoms with Gasteiger partial charge in [0.2, 0.25) is 0 Å². The van der Waals surface area contributed by atoms with E-state index in [1.54, 1.807) is 13.0 Å². The summed E-state index contributed by atoms with van der Waals surface area (Å²) >= 11 is 0. The number of nitrogens with zero attached hydrogens (tertiary/aromatic N) is 2. The minimum absolute atomic E-state index is 0.0713. The Hall–Kier alpha value is -1.91. The Labute approximate surface area is 74.0 Å². The topological polar surface area (TPSA) is 84.3 Å². The van der Waals surface area contributed by atoms with Crippen molar-refractivity contribution in [1.82, 2.24) is 9.94 Å². The molecule has 0 saturated heterocycles. The van der Waals surface area contributed by atoms with Gasteiger partial charge in [-0.3, -0.25) is 0 Å². The fourth-order valence-electron chi connectivity index (χ4n) is 1.33. The van der Waals surface area contributed by atoms with E-state index in [4.69, 9.17) is 5.73 Å². The van der Waals surface area contributed by atoms with Gasteiger partial charge in [-0.15, -0.1) is 5.10 Å². The smallest absolute Gasteiger partial charge is 0.137 e. The number of anilines is 1. The highest BCUT2D eigenvalue weighted by Crippen LogP contribution is 2.31. The van der Waals surface area contributed by atoms with Crippen molar-refractivity contribution in [3.8, 4) is 5.75 Å². The molecule has 0 fully saturated rings. The highest BCUT2D eigenvalue weighted by Gasteiger charge is 2.11. The minimum Gasteiger partial charge on any atom is -0.507 e. The van der Waals surface area contributed by atoms with Crippen LogP contribution in [0.15, 0.2) is 12.3 Å². The fraction of sp³-hybridized carbons (Fsp3) is 0.125. The highest BCUT2D eigenvalue weighted by molar-refractivity contribution is 5.95. The van der Waals surface area contributed by atoms with Gasteiger partial charge in [0.1, 0.15) is 11.3 Å². The predicted molar refractivity (Wildman–Crippen MR) is 47.7 cm³/mol. The SMILES string of the molecule is Cc1cc(O)c2cnn(O)c2c1N. The number of fused-ring (bicyclic) bond motifs is 1. The first kappa shape index (κ1) is 7.72. The van der Waals surface area contributed by atoms with Gasteiger partial charge in [-0.1, -0.05) is 4.85 Å². The van der Waals surface area contributed by atoms with Crippen LogP contribution in [0.1, 0.15) is 5.56 Å². The Morgan fingerprint density at radius 1 is 1.54 bits per heavy atom. The molecule has 2 rings (SSSR count). The lowest BCUT2D eigenvalue weighted by Gasteiger charge is -2.03. The number of phenolic OH excluding ortho intramolecular Hbond substituents is 1. The van der Waals surface area contributed by atoms with E-state index in [9.17, 15) is 10.3 Å². The molecule has 0 atom stereocenters. The second-order valence-corrected chi connectivity index (χ2v) is 2.92. The number of aromatic nitrogens is 2. The van der Waals surface area contributed by atoms with Gasteiger partial charge in [-0.2, -0.15) is 0 Å². The van der Waals surface area contributed by atoms with Crippen molar-refractivity contribution in [3.63, 3.8) is 0 Å². The van der Waals surface area contributed by atoms with Gasteiger partial charge in [0.05, 0.1) is 17.3 Å². The Balaban J connectivity index is 3.00. The normalized spacial score (nSPS) is 10.8. The summed E-state index contributed by atoms with van der Waals surface area (Å²) in [6.45, 7) is 1.75. The lowest BCUT2D eigenvalue weighted by Crippen LogP contribution is -1.97. The number of phenols is 1. The number of hydrogen-bond donors (Lipinski definition) is 3. The van der Waals surface area contributed by atoms with Crippen LogP contribution in [0.25, 0.3) is 10.9 Å². The molecular weight excluding hydrogens is 170 g/mol. The standard InChI is InChI=1S/C8H9N3O2/c1-4-2-6(12)5-3-10-11(13)8(5)7(4)9/h2-3,12-13H,9H2,1H3. The van der Waals surface area contributed by atoms with Crippen molar-refractivity contribution in [1.29, 1.82) is 0 Å². The van der Waals surface area contributed by atoms with Crippen LogP contribution in [0.2, 0.25) is 0 Å². The quantitative estimate of drug-likeness (QED) is 0.318. The maximum absolute atomic E-state index is 9.47. The third-order valence-corrected chi connectivity index (χ3v) is 2.06. The zero-order valence-electron chi connectivity index (χ0n) is 7.02. The summed E-state index contributed by atoms with van der Waals surface area (Å²) in [6.07, 6.45) is 1.36. The lowest BCUT2D eigenvalue weighted by atomic mass is 10.1. The molecule has 0 spiro atoms. The van der Waals surface area contributed by atoms with Crippen molar-refractivity contribution < 1.29 is 10.3 Å². The maximum atomic E-state index is 9.47. The van der Waals surface area contributed by atoms with Gasteiger partial charge >= 0.3 is 0 Å². The number of nitrogens with two attached hydrogens (primary N) is 1. The van der Waals surface area contributed by atoms with E-state index in [0.717, 1.165) is 0 Å². The van der Waals surface area contributed by atoms with Crippen LogP contribution in [0.3, 0.4) is 0 Å². The molecule has 0 radical (unpaired) electrons. The molecular formula is C8H9N3O2. The number of nitrogen functional groups attached to an aromatic ring is 1. The zero-order valence-corrected chi connectivity index (χ0v) is 7.02. The van der Waals surface area contributed by atoms with Crippen LogP contribution in [0, 0.1) is 6.92 Å². The van der Waals surface area contributed by atoms with Crippen molar-refractivity contribution >= 4 is 16.6 Å². The van der Waals surface area contributed by atoms with E-state index in [-0.39, 0.29) is 5.75 Å². The van der Waals surface area contributed by atoms with E-state index in [0.29, 0.717) is 27.0 Å². The molecule has 0 amide bonds. The summed E-state index contributed by atoms with van der Waals surface area (Å²) < 4.78 is 0. The predicted octanol–water partition coefficient (Wildman–Crippen LogP) is 0.870. The second kappa shape index (κ2) is 2.29. The molecule has 4 N–H and O–H groups in total. The van der Waals surface area contributed by atoms with Gasteiger partial charge in [0.15, 0.2) is 0 Å². The number of aromatic hydroxyl groups is 1. The second-order valence-electron chi connectivity index (χ2n) is 2.92. The largest absolute Gasteiger partial charge is 0.507 e. The number of rotatable bonds is 0. The maximum Gasteiger partial charge on any atom is 0.137 e. The summed E-state index contributed by atoms with van der Waals surface area (Å²) in [4.78, 5) is 0.664. The monoisotopic (exact) mass is 179 g/mol. The number of aryl methyl sites for hydroxylation is 1. The van der Waals surface area contributed by atoms with E-state index in [2.05, 4.69) is 5.10 Å². The molecule has 0 aliphatic rings. The van der Waals surface area contributed by atoms with Crippen molar-refractivity contribution in [2.24, 2.45) is 0 Å². The van der Waals surface area contributed by atoms with E-state index < -0.39 is 0 Å². The average molecular weight is 179 g/mol. The van der Waals surface area contributed by atoms with Gasteiger partial charge in [0.25, 0.3) is 0 Å². The molecule has 68 valence electrons. The Bertz CT molecular complexity index is 476. The third-order valence-electron chi connectivity index (χ3n) is 2.06. The van der Waals surface area contributed by atoms with Crippen LogP contribution in [-0.4, -0.2) is 20.3 Å². The summed E-state index contributed by atoms with van der Waals surface area (Å²) in [7, 11) is 0. The van der Waals surface area contributed by atoms with E-state index >= 15 is 0 Å². The van der Waals surface area contributed by atoms with E-state index in [1.165, 1.54) is 6.20 Å². The third kappa shape index (κ3) is 0.900. The van der Waals surface area contributed by atoms with Gasteiger partial charge in [-0.05, 0) is 18.6 Å². The first-order valence-corrected chi connectivity index (χ1v) is 3.76. The average Bonchev–Trinajstić information content (AvgIpc) is 2.44. The van der Waals surface area contributed by atoms with Crippen molar-refractivity contribution in [3.05, 3.63) is 17.8 Å². The molecule has 5 heteroatoms. The number of benzene rings is 1. The summed E-state index contributed by atoms with van der Waals surface area (Å²) in [5, 5.41) is 22.8. The zero-order chi connectivity index (χ0) is 9.59. The molecule has 0 unspecified atom stereocenters. The molecule has 2 aromatic rings. The molecule has 5 nitrogen and oxygen atoms in total. The first-order valence-electron chi connectivity index (χ1n) is 3.76. The van der Waals surface area contributed by atoms with Crippen molar-refractivity contribution in [2.45, 2.75) is 6.92 Å². The van der Waals surface area contributed by atoms with E-state index in [1.807, 2.05) is 0 Å². The molecule has 1 aromatic carbocycles. The molecule has 1 heterocycles. The number of hydrogen-bond acceptors (Lipinski definition) is 4. The van der Waals surface area contributed by atoms with Crippen LogP contribution >= 0.6 is 0 Å². The minimum atomic E-state index is 0.0713. The fourth-order valence-corrected chi connectivity index (χ4v) is 1.33. The molecule has 13 heavy (non-hydrogen) atoms. The molecule has 1 aromatic heterocycles. The molecule has 0 saturated carbocycles. The first-order chi connectivity index (χ1) is 6.11. The van der Waals surface area contributed by atoms with Crippen LogP contribution in [-0.2, 0) is 0 Å². The molecule has 0 aliphatic heterocycles. The lowest BCUT2D eigenvalue weighted by molar-refractivity contribution is 0.161.